The van der Waals surface area contributed by atoms with Gasteiger partial charge in [-0.15, -0.1) is 0 Å². The number of rotatable bonds is 16. The zero-order chi connectivity index (χ0) is 16.5. The molecule has 0 aromatic heterocycles. The molecule has 0 fully saturated rings. The van der Waals surface area contributed by atoms with Gasteiger partial charge in [0.05, 0.1) is 0 Å². The summed E-state index contributed by atoms with van der Waals surface area (Å²) >= 11 is 0. The molecule has 1 atom stereocenters. The average molecular weight is 313 g/mol. The summed E-state index contributed by atoms with van der Waals surface area (Å²) in [4.78, 5) is 10.9. The summed E-state index contributed by atoms with van der Waals surface area (Å²) in [5.74, 6) is -0.137. The molecule has 0 aliphatic rings. The summed E-state index contributed by atoms with van der Waals surface area (Å²) in [6, 6.07) is 0. The Morgan fingerprint density at radius 3 is 1.50 bits per heavy atom. The van der Waals surface area contributed by atoms with E-state index in [2.05, 4.69) is 13.8 Å². The highest BCUT2D eigenvalue weighted by molar-refractivity contribution is 5.66. The SMILES string of the molecule is CCCCCCCCCCCCCCCC(CC)OC(C)=O. The van der Waals surface area contributed by atoms with Gasteiger partial charge in [-0.1, -0.05) is 90.9 Å². The fraction of sp³-hybridized carbons (Fsp3) is 0.950. The molecule has 0 aromatic carbocycles. The molecule has 0 saturated heterocycles. The fourth-order valence-electron chi connectivity index (χ4n) is 2.97. The molecule has 0 radical (unpaired) electrons. The quantitative estimate of drug-likeness (QED) is 0.231. The van der Waals surface area contributed by atoms with Gasteiger partial charge in [0.25, 0.3) is 0 Å². The van der Waals surface area contributed by atoms with Crippen LogP contribution in [0.2, 0.25) is 0 Å². The molecule has 0 aliphatic heterocycles. The van der Waals surface area contributed by atoms with Gasteiger partial charge in [0.15, 0.2) is 0 Å². The third kappa shape index (κ3) is 15.9. The lowest BCUT2D eigenvalue weighted by Gasteiger charge is -2.14. The average Bonchev–Trinajstić information content (AvgIpc) is 2.50. The Labute approximate surface area is 139 Å². The second kappa shape index (κ2) is 16.8. The zero-order valence-electron chi connectivity index (χ0n) is 15.5. The number of carbonyl (C=O) groups is 1. The number of hydrogen-bond acceptors (Lipinski definition) is 2. The van der Waals surface area contributed by atoms with Crippen molar-refractivity contribution in [3.05, 3.63) is 0 Å². The number of esters is 1. The fourth-order valence-corrected chi connectivity index (χ4v) is 2.97. The maximum atomic E-state index is 10.9. The van der Waals surface area contributed by atoms with E-state index >= 15 is 0 Å². The monoisotopic (exact) mass is 312 g/mol. The summed E-state index contributed by atoms with van der Waals surface area (Å²) < 4.78 is 5.27. The molecule has 1 unspecified atom stereocenters. The molecule has 0 spiro atoms. The van der Waals surface area contributed by atoms with Gasteiger partial charge in [-0.2, -0.15) is 0 Å². The minimum absolute atomic E-state index is 0.137. The van der Waals surface area contributed by atoms with E-state index < -0.39 is 0 Å². The van der Waals surface area contributed by atoms with Gasteiger partial charge in [-0.05, 0) is 19.3 Å². The van der Waals surface area contributed by atoms with E-state index in [4.69, 9.17) is 4.74 Å². The molecule has 22 heavy (non-hydrogen) atoms. The van der Waals surface area contributed by atoms with Gasteiger partial charge in [-0.3, -0.25) is 4.79 Å². The van der Waals surface area contributed by atoms with Crippen LogP contribution in [0, 0.1) is 0 Å². The highest BCUT2D eigenvalue weighted by atomic mass is 16.5. The molecule has 0 aromatic rings. The molecule has 132 valence electrons. The van der Waals surface area contributed by atoms with Crippen LogP contribution in [0.4, 0.5) is 0 Å². The summed E-state index contributed by atoms with van der Waals surface area (Å²) in [5, 5.41) is 0. The number of unbranched alkanes of at least 4 members (excludes halogenated alkanes) is 12. The van der Waals surface area contributed by atoms with Crippen LogP contribution in [0.3, 0.4) is 0 Å². The summed E-state index contributed by atoms with van der Waals surface area (Å²) in [6.07, 6.45) is 20.1. The Balaban J connectivity index is 3.18. The van der Waals surface area contributed by atoms with E-state index in [0.717, 1.165) is 12.8 Å². The highest BCUT2D eigenvalue weighted by Gasteiger charge is 2.08. The van der Waals surface area contributed by atoms with Gasteiger partial charge in [0, 0.05) is 6.92 Å². The minimum Gasteiger partial charge on any atom is -0.463 e. The van der Waals surface area contributed by atoms with Crippen LogP contribution < -0.4 is 0 Å². The molecule has 2 heteroatoms. The van der Waals surface area contributed by atoms with E-state index in [1.165, 1.54) is 90.4 Å². The molecule has 0 N–H and O–H groups in total. The lowest BCUT2D eigenvalue weighted by Crippen LogP contribution is -2.14. The van der Waals surface area contributed by atoms with Gasteiger partial charge < -0.3 is 4.74 Å². The first-order valence-corrected chi connectivity index (χ1v) is 9.87. The second-order valence-electron chi connectivity index (χ2n) is 6.67. The lowest BCUT2D eigenvalue weighted by molar-refractivity contribution is -0.146. The lowest BCUT2D eigenvalue weighted by atomic mass is 10.0. The standard InChI is InChI=1S/C20H40O2/c1-4-6-7-8-9-10-11-12-13-14-15-16-17-18-20(5-2)22-19(3)21/h20H,4-18H2,1-3H3. The number of hydrogen-bond donors (Lipinski definition) is 0. The summed E-state index contributed by atoms with van der Waals surface area (Å²) in [6.45, 7) is 5.88. The largest absolute Gasteiger partial charge is 0.463 e. The van der Waals surface area contributed by atoms with Crippen LogP contribution in [-0.2, 0) is 9.53 Å². The maximum absolute atomic E-state index is 10.9. The Bertz CT molecular complexity index is 238. The molecular weight excluding hydrogens is 272 g/mol. The maximum Gasteiger partial charge on any atom is 0.302 e. The Morgan fingerprint density at radius 2 is 1.14 bits per heavy atom. The van der Waals surface area contributed by atoms with Crippen LogP contribution in [0.1, 0.15) is 117 Å². The van der Waals surface area contributed by atoms with Crippen molar-refractivity contribution in [3.8, 4) is 0 Å². The molecule has 0 aliphatic carbocycles. The van der Waals surface area contributed by atoms with E-state index in [0.29, 0.717) is 0 Å². The van der Waals surface area contributed by atoms with Gasteiger partial charge in [0.2, 0.25) is 0 Å². The molecule has 0 amide bonds. The molecule has 0 heterocycles. The van der Waals surface area contributed by atoms with E-state index in [-0.39, 0.29) is 12.1 Å². The van der Waals surface area contributed by atoms with Crippen molar-refractivity contribution in [1.82, 2.24) is 0 Å². The van der Waals surface area contributed by atoms with Gasteiger partial charge in [0.1, 0.15) is 6.10 Å². The van der Waals surface area contributed by atoms with Crippen LogP contribution in [0.15, 0.2) is 0 Å². The van der Waals surface area contributed by atoms with Gasteiger partial charge >= 0.3 is 5.97 Å². The van der Waals surface area contributed by atoms with Crippen molar-refractivity contribution in [2.24, 2.45) is 0 Å². The van der Waals surface area contributed by atoms with Crippen molar-refractivity contribution in [1.29, 1.82) is 0 Å². The van der Waals surface area contributed by atoms with E-state index in [1.54, 1.807) is 0 Å². The molecule has 0 saturated carbocycles. The van der Waals surface area contributed by atoms with Crippen molar-refractivity contribution >= 4 is 5.97 Å². The smallest absolute Gasteiger partial charge is 0.302 e. The first-order valence-electron chi connectivity index (χ1n) is 9.87. The van der Waals surface area contributed by atoms with Crippen molar-refractivity contribution in [2.45, 2.75) is 123 Å². The molecule has 0 rings (SSSR count). The summed E-state index contributed by atoms with van der Waals surface area (Å²) in [5.41, 5.74) is 0. The van der Waals surface area contributed by atoms with E-state index in [9.17, 15) is 4.79 Å². The van der Waals surface area contributed by atoms with Crippen LogP contribution >= 0.6 is 0 Å². The van der Waals surface area contributed by atoms with Crippen molar-refractivity contribution in [3.63, 3.8) is 0 Å². The third-order valence-corrected chi connectivity index (χ3v) is 4.42. The Hall–Kier alpha value is -0.530. The van der Waals surface area contributed by atoms with E-state index in [1.807, 2.05) is 0 Å². The predicted octanol–water partition coefficient (Wildman–Crippen LogP) is 6.81. The molecule has 2 nitrogen and oxygen atoms in total. The Morgan fingerprint density at radius 1 is 0.727 bits per heavy atom. The van der Waals surface area contributed by atoms with Gasteiger partial charge in [-0.25, -0.2) is 0 Å². The second-order valence-corrected chi connectivity index (χ2v) is 6.67. The highest BCUT2D eigenvalue weighted by Crippen LogP contribution is 2.14. The molecule has 0 bridgehead atoms. The van der Waals surface area contributed by atoms with Crippen LogP contribution in [-0.4, -0.2) is 12.1 Å². The van der Waals surface area contributed by atoms with Crippen LogP contribution in [0.25, 0.3) is 0 Å². The van der Waals surface area contributed by atoms with Crippen molar-refractivity contribution in [2.75, 3.05) is 0 Å². The van der Waals surface area contributed by atoms with Crippen LogP contribution in [0.5, 0.6) is 0 Å². The Kier molecular flexibility index (Phi) is 16.4. The number of ether oxygens (including phenoxy) is 1. The predicted molar refractivity (Wildman–Crippen MR) is 96.2 cm³/mol. The first kappa shape index (κ1) is 21.5. The first-order chi connectivity index (χ1) is 10.7. The zero-order valence-corrected chi connectivity index (χ0v) is 15.5. The normalized spacial score (nSPS) is 12.3. The molecular formula is C20H40O2. The topological polar surface area (TPSA) is 26.3 Å². The third-order valence-electron chi connectivity index (χ3n) is 4.42. The minimum atomic E-state index is -0.137. The summed E-state index contributed by atoms with van der Waals surface area (Å²) in [7, 11) is 0. The van der Waals surface area contributed by atoms with Crippen molar-refractivity contribution < 1.29 is 9.53 Å². The number of carbonyl (C=O) groups excluding carboxylic acids is 1.